The van der Waals surface area contributed by atoms with Crippen LogP contribution in [0.3, 0.4) is 0 Å². The van der Waals surface area contributed by atoms with E-state index in [0.717, 1.165) is 25.8 Å². The molecule has 0 heterocycles. The van der Waals surface area contributed by atoms with Crippen LogP contribution in [0.5, 0.6) is 0 Å². The van der Waals surface area contributed by atoms with Crippen molar-refractivity contribution in [1.29, 1.82) is 0 Å². The van der Waals surface area contributed by atoms with Gasteiger partial charge in [0.1, 0.15) is 0 Å². The van der Waals surface area contributed by atoms with Crippen LogP contribution >= 0.6 is 0 Å². The van der Waals surface area contributed by atoms with E-state index in [1.807, 2.05) is 21.0 Å². The maximum atomic E-state index is 11.7. The molecule has 0 saturated heterocycles. The summed E-state index contributed by atoms with van der Waals surface area (Å²) in [7, 11) is 4.08. The van der Waals surface area contributed by atoms with Crippen LogP contribution in [0.1, 0.15) is 33.1 Å². The lowest BCUT2D eigenvalue weighted by molar-refractivity contribution is -0.125. The molecule has 96 valence electrons. The number of carbonyl (C=O) groups is 1. The first-order valence-corrected chi connectivity index (χ1v) is 6.12. The summed E-state index contributed by atoms with van der Waals surface area (Å²) in [6.07, 6.45) is 2.78. The highest BCUT2D eigenvalue weighted by Crippen LogP contribution is 2.05. The molecule has 0 spiro atoms. The molecule has 0 aliphatic carbocycles. The largest absolute Gasteiger partial charge is 0.353 e. The maximum absolute atomic E-state index is 11.7. The fourth-order valence-electron chi connectivity index (χ4n) is 1.46. The minimum Gasteiger partial charge on any atom is -0.353 e. The zero-order valence-corrected chi connectivity index (χ0v) is 11.1. The summed E-state index contributed by atoms with van der Waals surface area (Å²) in [6.45, 7) is 5.67. The Morgan fingerprint density at radius 1 is 1.31 bits per heavy atom. The van der Waals surface area contributed by atoms with Gasteiger partial charge in [-0.15, -0.1) is 0 Å². The average molecular weight is 229 g/mol. The van der Waals surface area contributed by atoms with E-state index in [9.17, 15) is 4.79 Å². The Morgan fingerprint density at radius 3 is 2.44 bits per heavy atom. The van der Waals surface area contributed by atoms with Gasteiger partial charge in [0, 0.05) is 12.0 Å². The van der Waals surface area contributed by atoms with Gasteiger partial charge in [-0.2, -0.15) is 0 Å². The fraction of sp³-hybridized carbons (Fsp3) is 0.917. The summed E-state index contributed by atoms with van der Waals surface area (Å²) < 4.78 is 0. The molecule has 2 unspecified atom stereocenters. The van der Waals surface area contributed by atoms with Crippen molar-refractivity contribution < 1.29 is 4.79 Å². The molecule has 0 aromatic rings. The SMILES string of the molecule is CC(CCN(C)C)NC(=O)C(C)CCCN. The lowest BCUT2D eigenvalue weighted by atomic mass is 10.0. The Balaban J connectivity index is 3.76. The first kappa shape index (κ1) is 15.4. The first-order valence-electron chi connectivity index (χ1n) is 6.12. The van der Waals surface area contributed by atoms with Crippen LogP contribution in [0.4, 0.5) is 0 Å². The number of nitrogens with zero attached hydrogens (tertiary/aromatic N) is 1. The van der Waals surface area contributed by atoms with Gasteiger partial charge in [-0.1, -0.05) is 6.92 Å². The molecule has 0 rings (SSSR count). The standard InChI is InChI=1S/C12H27N3O/c1-10(6-5-8-13)12(16)14-11(2)7-9-15(3)4/h10-11H,5-9,13H2,1-4H3,(H,14,16). The molecule has 0 fully saturated rings. The molecule has 0 bridgehead atoms. The van der Waals surface area contributed by atoms with E-state index in [2.05, 4.69) is 17.1 Å². The van der Waals surface area contributed by atoms with Gasteiger partial charge in [0.05, 0.1) is 0 Å². The van der Waals surface area contributed by atoms with Gasteiger partial charge in [-0.05, 0) is 53.4 Å². The number of nitrogens with two attached hydrogens (primary N) is 1. The van der Waals surface area contributed by atoms with E-state index >= 15 is 0 Å². The van der Waals surface area contributed by atoms with Crippen LogP contribution in [0.15, 0.2) is 0 Å². The van der Waals surface area contributed by atoms with E-state index in [-0.39, 0.29) is 17.9 Å². The summed E-state index contributed by atoms with van der Waals surface area (Å²) in [4.78, 5) is 13.9. The van der Waals surface area contributed by atoms with Crippen molar-refractivity contribution in [2.24, 2.45) is 11.7 Å². The van der Waals surface area contributed by atoms with Crippen LogP contribution in [0.25, 0.3) is 0 Å². The van der Waals surface area contributed by atoms with E-state index in [0.29, 0.717) is 6.54 Å². The first-order chi connectivity index (χ1) is 7.47. The minimum absolute atomic E-state index is 0.0744. The Kier molecular flexibility index (Phi) is 8.21. The smallest absolute Gasteiger partial charge is 0.223 e. The maximum Gasteiger partial charge on any atom is 0.223 e. The second-order valence-electron chi connectivity index (χ2n) is 4.83. The van der Waals surface area contributed by atoms with Crippen LogP contribution in [-0.2, 0) is 4.79 Å². The van der Waals surface area contributed by atoms with Gasteiger partial charge in [0.2, 0.25) is 5.91 Å². The molecule has 4 heteroatoms. The lowest BCUT2D eigenvalue weighted by Crippen LogP contribution is -2.38. The number of amides is 1. The third kappa shape index (κ3) is 7.65. The quantitative estimate of drug-likeness (QED) is 0.648. The molecule has 0 saturated carbocycles. The van der Waals surface area contributed by atoms with E-state index in [4.69, 9.17) is 5.73 Å². The normalized spacial score (nSPS) is 14.9. The van der Waals surface area contributed by atoms with Crippen molar-refractivity contribution in [3.63, 3.8) is 0 Å². The third-order valence-corrected chi connectivity index (χ3v) is 2.69. The van der Waals surface area contributed by atoms with Crippen molar-refractivity contribution in [1.82, 2.24) is 10.2 Å². The lowest BCUT2D eigenvalue weighted by Gasteiger charge is -2.19. The zero-order valence-electron chi connectivity index (χ0n) is 11.1. The molecule has 0 radical (unpaired) electrons. The monoisotopic (exact) mass is 229 g/mol. The van der Waals surface area contributed by atoms with Crippen molar-refractivity contribution in [2.45, 2.75) is 39.2 Å². The number of carbonyl (C=O) groups excluding carboxylic acids is 1. The van der Waals surface area contributed by atoms with Gasteiger partial charge in [0.25, 0.3) is 0 Å². The Morgan fingerprint density at radius 2 is 1.94 bits per heavy atom. The zero-order chi connectivity index (χ0) is 12.6. The predicted octanol–water partition coefficient (Wildman–Crippen LogP) is 0.818. The molecule has 0 aromatic carbocycles. The number of nitrogens with one attached hydrogen (secondary N) is 1. The van der Waals surface area contributed by atoms with Gasteiger partial charge >= 0.3 is 0 Å². The van der Waals surface area contributed by atoms with Gasteiger partial charge in [-0.25, -0.2) is 0 Å². The van der Waals surface area contributed by atoms with Gasteiger partial charge < -0.3 is 16.0 Å². The highest BCUT2D eigenvalue weighted by molar-refractivity contribution is 5.78. The summed E-state index contributed by atoms with van der Waals surface area (Å²) >= 11 is 0. The molecule has 4 nitrogen and oxygen atoms in total. The number of hydrogen-bond acceptors (Lipinski definition) is 3. The third-order valence-electron chi connectivity index (χ3n) is 2.69. The molecule has 2 atom stereocenters. The van der Waals surface area contributed by atoms with E-state index in [1.54, 1.807) is 0 Å². The number of rotatable bonds is 8. The van der Waals surface area contributed by atoms with Crippen LogP contribution in [-0.4, -0.2) is 44.0 Å². The summed E-state index contributed by atoms with van der Waals surface area (Å²) in [5.74, 6) is 0.227. The second-order valence-corrected chi connectivity index (χ2v) is 4.83. The minimum atomic E-state index is 0.0744. The number of hydrogen-bond donors (Lipinski definition) is 2. The molecule has 0 aliphatic rings. The Bertz CT molecular complexity index is 195. The van der Waals surface area contributed by atoms with Crippen LogP contribution in [0.2, 0.25) is 0 Å². The predicted molar refractivity (Wildman–Crippen MR) is 68.2 cm³/mol. The fourth-order valence-corrected chi connectivity index (χ4v) is 1.46. The van der Waals surface area contributed by atoms with Crippen molar-refractivity contribution >= 4 is 5.91 Å². The molecule has 0 aliphatic heterocycles. The molecular weight excluding hydrogens is 202 g/mol. The summed E-state index contributed by atoms with van der Waals surface area (Å²) in [6, 6.07) is 0.246. The highest BCUT2D eigenvalue weighted by atomic mass is 16.1. The molecule has 16 heavy (non-hydrogen) atoms. The van der Waals surface area contributed by atoms with Crippen LogP contribution in [0, 0.1) is 5.92 Å². The topological polar surface area (TPSA) is 58.4 Å². The molecule has 3 N–H and O–H groups in total. The van der Waals surface area contributed by atoms with Gasteiger partial charge in [-0.3, -0.25) is 4.79 Å². The Labute approximate surface area is 99.6 Å². The van der Waals surface area contributed by atoms with E-state index < -0.39 is 0 Å². The van der Waals surface area contributed by atoms with Crippen molar-refractivity contribution in [3.05, 3.63) is 0 Å². The van der Waals surface area contributed by atoms with E-state index in [1.165, 1.54) is 0 Å². The average Bonchev–Trinajstić information content (AvgIpc) is 2.22. The molecular formula is C12H27N3O. The molecule has 1 amide bonds. The van der Waals surface area contributed by atoms with Crippen molar-refractivity contribution in [3.8, 4) is 0 Å². The van der Waals surface area contributed by atoms with Gasteiger partial charge in [0.15, 0.2) is 0 Å². The Hall–Kier alpha value is -0.610. The van der Waals surface area contributed by atoms with Crippen LogP contribution < -0.4 is 11.1 Å². The summed E-state index contributed by atoms with van der Waals surface area (Å²) in [5, 5.41) is 3.04. The second kappa shape index (κ2) is 8.53. The molecule has 0 aromatic heterocycles. The highest BCUT2D eigenvalue weighted by Gasteiger charge is 2.14. The van der Waals surface area contributed by atoms with Crippen molar-refractivity contribution in [2.75, 3.05) is 27.2 Å². The summed E-state index contributed by atoms with van der Waals surface area (Å²) in [5.41, 5.74) is 5.42.